The standard InChI is InChI=1S/C10H10ClNO2/c1-6(13)14-10(5-12)8-4-2-3-7(8)9(10)11/h2-3,7-9H,4H2,1H3/t7-,8+,9+,10-/m1/s1. The summed E-state index contributed by atoms with van der Waals surface area (Å²) < 4.78 is 5.08. The van der Waals surface area contributed by atoms with Gasteiger partial charge in [-0.2, -0.15) is 5.26 Å². The van der Waals surface area contributed by atoms with Crippen molar-refractivity contribution in [1.29, 1.82) is 5.26 Å². The summed E-state index contributed by atoms with van der Waals surface area (Å²) in [5.74, 6) is -0.197. The van der Waals surface area contributed by atoms with E-state index in [0.717, 1.165) is 6.42 Å². The highest BCUT2D eigenvalue weighted by Gasteiger charge is 2.65. The zero-order valence-corrected chi connectivity index (χ0v) is 8.49. The van der Waals surface area contributed by atoms with Gasteiger partial charge in [0.05, 0.1) is 5.38 Å². The Hall–Kier alpha value is -1.01. The quantitative estimate of drug-likeness (QED) is 0.376. The lowest BCUT2D eigenvalue weighted by Crippen LogP contribution is -2.63. The van der Waals surface area contributed by atoms with E-state index in [2.05, 4.69) is 6.07 Å². The summed E-state index contributed by atoms with van der Waals surface area (Å²) in [7, 11) is 0. The van der Waals surface area contributed by atoms with E-state index in [1.807, 2.05) is 12.2 Å². The molecule has 0 aromatic heterocycles. The van der Waals surface area contributed by atoms with Gasteiger partial charge < -0.3 is 4.74 Å². The smallest absolute Gasteiger partial charge is 0.304 e. The third-order valence-electron chi connectivity index (χ3n) is 3.00. The summed E-state index contributed by atoms with van der Waals surface area (Å²) in [6.45, 7) is 1.30. The molecule has 3 nitrogen and oxygen atoms in total. The van der Waals surface area contributed by atoms with Gasteiger partial charge in [0.1, 0.15) is 6.07 Å². The Morgan fingerprint density at radius 2 is 2.50 bits per heavy atom. The number of esters is 1. The molecule has 0 radical (unpaired) electrons. The van der Waals surface area contributed by atoms with Crippen LogP contribution in [0.4, 0.5) is 0 Å². The predicted octanol–water partition coefficient (Wildman–Crippen LogP) is 1.63. The molecule has 14 heavy (non-hydrogen) atoms. The van der Waals surface area contributed by atoms with E-state index in [1.54, 1.807) is 0 Å². The molecule has 0 saturated heterocycles. The number of hydrogen-bond acceptors (Lipinski definition) is 3. The minimum Gasteiger partial charge on any atom is -0.442 e. The average molecular weight is 212 g/mol. The summed E-state index contributed by atoms with van der Waals surface area (Å²) in [6.07, 6.45) is 4.77. The maximum absolute atomic E-state index is 10.9. The summed E-state index contributed by atoms with van der Waals surface area (Å²) >= 11 is 6.07. The van der Waals surface area contributed by atoms with Crippen LogP contribution in [0.3, 0.4) is 0 Å². The predicted molar refractivity (Wildman–Crippen MR) is 50.5 cm³/mol. The second kappa shape index (κ2) is 2.99. The van der Waals surface area contributed by atoms with E-state index < -0.39 is 16.9 Å². The number of rotatable bonds is 1. The van der Waals surface area contributed by atoms with Crippen LogP contribution in [-0.2, 0) is 9.53 Å². The molecule has 0 aliphatic heterocycles. The molecule has 2 aliphatic rings. The molecule has 1 saturated carbocycles. The number of hydrogen-bond donors (Lipinski definition) is 0. The van der Waals surface area contributed by atoms with Gasteiger partial charge in [-0.25, -0.2) is 0 Å². The monoisotopic (exact) mass is 211 g/mol. The van der Waals surface area contributed by atoms with Crippen LogP contribution in [0, 0.1) is 23.2 Å². The van der Waals surface area contributed by atoms with E-state index in [1.165, 1.54) is 6.92 Å². The van der Waals surface area contributed by atoms with Crippen molar-refractivity contribution in [1.82, 2.24) is 0 Å². The van der Waals surface area contributed by atoms with Crippen LogP contribution in [0.25, 0.3) is 0 Å². The molecule has 2 rings (SSSR count). The van der Waals surface area contributed by atoms with E-state index in [-0.39, 0.29) is 11.8 Å². The summed E-state index contributed by atoms with van der Waals surface area (Å²) in [5, 5.41) is 8.66. The Bertz CT molecular complexity index is 347. The number of ether oxygens (including phenoxy) is 1. The molecule has 0 heterocycles. The number of halogens is 1. The molecule has 0 aromatic carbocycles. The second-order valence-electron chi connectivity index (χ2n) is 3.75. The zero-order chi connectivity index (χ0) is 10.3. The lowest BCUT2D eigenvalue weighted by atomic mass is 9.62. The number of alkyl halides is 1. The largest absolute Gasteiger partial charge is 0.442 e. The van der Waals surface area contributed by atoms with Gasteiger partial charge >= 0.3 is 5.97 Å². The van der Waals surface area contributed by atoms with Crippen LogP contribution in [-0.4, -0.2) is 16.9 Å². The minimum atomic E-state index is -1.10. The topological polar surface area (TPSA) is 50.1 Å². The Labute approximate surface area is 87.3 Å². The number of carbonyl (C=O) groups is 1. The van der Waals surface area contributed by atoms with Gasteiger partial charge in [0.15, 0.2) is 0 Å². The highest BCUT2D eigenvalue weighted by molar-refractivity contribution is 6.23. The van der Waals surface area contributed by atoms with Gasteiger partial charge in [-0.3, -0.25) is 4.79 Å². The lowest BCUT2D eigenvalue weighted by molar-refractivity contribution is -0.170. The van der Waals surface area contributed by atoms with Crippen LogP contribution in [0.5, 0.6) is 0 Å². The fourth-order valence-electron chi connectivity index (χ4n) is 2.35. The molecule has 0 N–H and O–H groups in total. The molecular weight excluding hydrogens is 202 g/mol. The van der Waals surface area contributed by atoms with Gasteiger partial charge in [-0.05, 0) is 6.42 Å². The summed E-state index contributed by atoms with van der Waals surface area (Å²) in [4.78, 5) is 10.9. The van der Waals surface area contributed by atoms with Gasteiger partial charge in [0, 0.05) is 18.8 Å². The van der Waals surface area contributed by atoms with Gasteiger partial charge in [-0.1, -0.05) is 12.2 Å². The Kier molecular flexibility index (Phi) is 2.04. The van der Waals surface area contributed by atoms with Crippen molar-refractivity contribution in [3.05, 3.63) is 12.2 Å². The third-order valence-corrected chi connectivity index (χ3v) is 3.61. The maximum atomic E-state index is 10.9. The molecule has 2 aliphatic carbocycles. The van der Waals surface area contributed by atoms with Crippen LogP contribution in [0.2, 0.25) is 0 Å². The molecule has 4 heteroatoms. The highest BCUT2D eigenvalue weighted by Crippen LogP contribution is 2.55. The van der Waals surface area contributed by atoms with Crippen LogP contribution in [0.1, 0.15) is 13.3 Å². The third kappa shape index (κ3) is 1.01. The van der Waals surface area contributed by atoms with Gasteiger partial charge in [0.25, 0.3) is 0 Å². The normalized spacial score (nSPS) is 43.6. The first-order chi connectivity index (χ1) is 6.62. The maximum Gasteiger partial charge on any atom is 0.304 e. The van der Waals surface area contributed by atoms with Gasteiger partial charge in [0.2, 0.25) is 5.60 Å². The van der Waals surface area contributed by atoms with E-state index in [0.29, 0.717) is 0 Å². The van der Waals surface area contributed by atoms with Crippen molar-refractivity contribution >= 4 is 17.6 Å². The first-order valence-corrected chi connectivity index (χ1v) is 4.97. The Balaban J connectivity index is 2.23. The first kappa shape index (κ1) is 9.54. The van der Waals surface area contributed by atoms with Crippen molar-refractivity contribution in [2.45, 2.75) is 24.3 Å². The van der Waals surface area contributed by atoms with Crippen LogP contribution in [0.15, 0.2) is 12.2 Å². The lowest BCUT2D eigenvalue weighted by Gasteiger charge is -2.50. The fourth-order valence-corrected chi connectivity index (χ4v) is 2.86. The van der Waals surface area contributed by atoms with E-state index in [9.17, 15) is 4.79 Å². The Morgan fingerprint density at radius 3 is 3.07 bits per heavy atom. The SMILES string of the molecule is CC(=O)O[C@@]1(C#N)[C@@H](Cl)[C@@H]2C=CC[C@@H]21. The molecule has 0 spiro atoms. The van der Waals surface area contributed by atoms with Crippen molar-refractivity contribution in [3.8, 4) is 6.07 Å². The first-order valence-electron chi connectivity index (χ1n) is 4.53. The summed E-state index contributed by atoms with van der Waals surface area (Å²) in [6, 6.07) is 2.05. The fraction of sp³-hybridized carbons (Fsp3) is 0.600. The molecule has 4 atom stereocenters. The van der Waals surface area contributed by atoms with E-state index >= 15 is 0 Å². The molecule has 0 bridgehead atoms. The van der Waals surface area contributed by atoms with Crippen molar-refractivity contribution < 1.29 is 9.53 Å². The molecular formula is C10H10ClNO2. The Morgan fingerprint density at radius 1 is 1.79 bits per heavy atom. The number of nitriles is 1. The van der Waals surface area contributed by atoms with Crippen molar-refractivity contribution in [3.63, 3.8) is 0 Å². The molecule has 0 aromatic rings. The number of nitrogens with zero attached hydrogens (tertiary/aromatic N) is 1. The number of fused-ring (bicyclic) bond motifs is 1. The molecule has 0 amide bonds. The molecule has 1 fully saturated rings. The van der Waals surface area contributed by atoms with Gasteiger partial charge in [-0.15, -0.1) is 11.6 Å². The molecule has 0 unspecified atom stereocenters. The minimum absolute atomic E-state index is 0.0545. The van der Waals surface area contributed by atoms with Crippen molar-refractivity contribution in [2.75, 3.05) is 0 Å². The summed E-state index contributed by atoms with van der Waals surface area (Å²) in [5.41, 5.74) is -1.10. The highest BCUT2D eigenvalue weighted by atomic mass is 35.5. The second-order valence-corrected chi connectivity index (χ2v) is 4.22. The van der Waals surface area contributed by atoms with E-state index in [4.69, 9.17) is 21.6 Å². The van der Waals surface area contributed by atoms with Crippen molar-refractivity contribution in [2.24, 2.45) is 11.8 Å². The average Bonchev–Trinajstić information content (AvgIpc) is 2.59. The zero-order valence-electron chi connectivity index (χ0n) is 7.74. The van der Waals surface area contributed by atoms with Crippen LogP contribution < -0.4 is 0 Å². The number of allylic oxidation sites excluding steroid dienone is 2. The molecule has 74 valence electrons. The van der Waals surface area contributed by atoms with Crippen LogP contribution >= 0.6 is 11.6 Å². The number of carbonyl (C=O) groups excluding carboxylic acids is 1.